The Morgan fingerprint density at radius 3 is 2.70 bits per heavy atom. The number of aromatic amines is 1. The second kappa shape index (κ2) is 4.61. The smallest absolute Gasteiger partial charge is 0.290 e. The van der Waals surface area contributed by atoms with E-state index < -0.39 is 0 Å². The van der Waals surface area contributed by atoms with Crippen molar-refractivity contribution in [2.45, 2.75) is 6.92 Å². The van der Waals surface area contributed by atoms with Gasteiger partial charge in [0, 0.05) is 5.02 Å². The molecule has 0 radical (unpaired) electrons. The van der Waals surface area contributed by atoms with Crippen LogP contribution >= 0.6 is 11.6 Å². The van der Waals surface area contributed by atoms with Crippen LogP contribution in [0.25, 0.3) is 18.6 Å². The fraction of sp³-hybridized carbons (Fsp3) is 0.0714. The summed E-state index contributed by atoms with van der Waals surface area (Å²) in [6, 6.07) is 7.18. The highest BCUT2D eigenvalue weighted by atomic mass is 35.5. The summed E-state index contributed by atoms with van der Waals surface area (Å²) in [6.07, 6.45) is 1.73. The Morgan fingerprint density at radius 2 is 2.00 bits per heavy atom. The summed E-state index contributed by atoms with van der Waals surface area (Å²) in [7, 11) is 0. The molecule has 1 N–H and O–H groups in total. The van der Waals surface area contributed by atoms with Crippen LogP contribution in [0.3, 0.4) is 0 Å². The Labute approximate surface area is 119 Å². The van der Waals surface area contributed by atoms with Crippen LogP contribution < -0.4 is 16.3 Å². The van der Waals surface area contributed by atoms with E-state index in [1.165, 1.54) is 4.68 Å². The fourth-order valence-corrected chi connectivity index (χ4v) is 1.99. The molecule has 20 heavy (non-hydrogen) atoms. The number of aromatic nitrogens is 4. The van der Waals surface area contributed by atoms with Crippen molar-refractivity contribution in [3.8, 4) is 5.95 Å². The van der Waals surface area contributed by atoms with Crippen molar-refractivity contribution in [1.29, 1.82) is 0 Å². The third-order valence-electron chi connectivity index (χ3n) is 2.99. The number of halogens is 1. The average molecular weight is 287 g/mol. The molecule has 0 saturated heterocycles. The van der Waals surface area contributed by atoms with Gasteiger partial charge in [-0.1, -0.05) is 30.3 Å². The minimum absolute atomic E-state index is 0.333. The molecule has 3 rings (SSSR count). The zero-order valence-corrected chi connectivity index (χ0v) is 11.5. The molecule has 2 aliphatic rings. The predicted molar refractivity (Wildman–Crippen MR) is 77.7 cm³/mol. The van der Waals surface area contributed by atoms with Crippen molar-refractivity contribution < 1.29 is 0 Å². The Kier molecular flexibility index (Phi) is 2.91. The molecular formula is C14H11ClN4O. The third-order valence-corrected chi connectivity index (χ3v) is 3.24. The molecule has 0 fully saturated rings. The van der Waals surface area contributed by atoms with Gasteiger partial charge in [0.2, 0.25) is 0 Å². The lowest BCUT2D eigenvalue weighted by Gasteiger charge is -2.03. The first-order chi connectivity index (χ1) is 9.54. The number of rotatable bonds is 1. The highest BCUT2D eigenvalue weighted by Crippen LogP contribution is 2.09. The average Bonchev–Trinajstić information content (AvgIpc) is 2.69. The van der Waals surface area contributed by atoms with Crippen LogP contribution in [0.2, 0.25) is 5.02 Å². The number of nitrogens with one attached hydrogen (secondary N) is 1. The lowest BCUT2D eigenvalue weighted by molar-refractivity contribution is 0.746. The quantitative estimate of drug-likeness (QED) is 0.712. The molecular weight excluding hydrogens is 276 g/mol. The summed E-state index contributed by atoms with van der Waals surface area (Å²) in [5.74, 6) is 0.333. The minimum atomic E-state index is -0.339. The Morgan fingerprint density at radius 1 is 1.30 bits per heavy atom. The number of nitrogens with zero attached hydrogens (tertiary/aromatic N) is 3. The number of fused-ring (bicyclic) bond motifs is 1. The minimum Gasteiger partial charge on any atom is -0.290 e. The van der Waals surface area contributed by atoms with Crippen LogP contribution in [-0.4, -0.2) is 19.7 Å². The maximum absolute atomic E-state index is 12.0. The molecule has 0 bridgehead atoms. The van der Waals surface area contributed by atoms with Crippen molar-refractivity contribution in [3.05, 3.63) is 61.6 Å². The zero-order valence-electron chi connectivity index (χ0n) is 10.7. The van der Waals surface area contributed by atoms with Crippen LogP contribution in [-0.2, 0) is 0 Å². The van der Waals surface area contributed by atoms with E-state index in [9.17, 15) is 4.79 Å². The van der Waals surface area contributed by atoms with Crippen LogP contribution in [0.5, 0.6) is 0 Å². The highest BCUT2D eigenvalue weighted by Gasteiger charge is 2.11. The van der Waals surface area contributed by atoms with Crippen molar-refractivity contribution in [3.63, 3.8) is 0 Å². The number of H-pyrrole nitrogens is 1. The molecule has 6 heteroatoms. The van der Waals surface area contributed by atoms with E-state index in [0.717, 1.165) is 5.56 Å². The molecule has 0 aromatic heterocycles. The summed E-state index contributed by atoms with van der Waals surface area (Å²) in [5, 5.41) is 4.69. The van der Waals surface area contributed by atoms with E-state index in [2.05, 4.69) is 21.6 Å². The summed E-state index contributed by atoms with van der Waals surface area (Å²) < 4.78 is 1.53. The van der Waals surface area contributed by atoms with E-state index >= 15 is 0 Å². The lowest BCUT2D eigenvalue weighted by Crippen LogP contribution is -2.32. The van der Waals surface area contributed by atoms with E-state index in [4.69, 9.17) is 11.6 Å². The molecule has 0 saturated carbocycles. The summed E-state index contributed by atoms with van der Waals surface area (Å²) in [6.45, 7) is 5.65. The number of hydrogen-bond donors (Lipinski definition) is 1. The first-order valence-corrected chi connectivity index (χ1v) is 6.34. The van der Waals surface area contributed by atoms with Gasteiger partial charge in [0.05, 0.1) is 11.0 Å². The SMILES string of the molecule is C=c1[nH]n2/c(=C/c3ccc(Cl)cc3)c(=O)nc-2nc1C. The van der Waals surface area contributed by atoms with Gasteiger partial charge in [0.15, 0.2) is 0 Å². The number of aryl methyl sites for hydroxylation is 1. The van der Waals surface area contributed by atoms with Gasteiger partial charge in [0.1, 0.15) is 5.35 Å². The first kappa shape index (κ1) is 12.6. The Balaban J connectivity index is 2.29. The van der Waals surface area contributed by atoms with Gasteiger partial charge >= 0.3 is 0 Å². The number of imidazole rings is 1. The molecule has 2 heterocycles. The van der Waals surface area contributed by atoms with Crippen molar-refractivity contribution >= 4 is 24.3 Å². The zero-order chi connectivity index (χ0) is 14.3. The second-order valence-corrected chi connectivity index (χ2v) is 4.86. The number of hydrogen-bond acceptors (Lipinski definition) is 3. The van der Waals surface area contributed by atoms with Crippen molar-refractivity contribution in [2.75, 3.05) is 0 Å². The molecule has 0 unspecified atom stereocenters. The van der Waals surface area contributed by atoms with E-state index in [0.29, 0.717) is 27.4 Å². The largest absolute Gasteiger partial charge is 0.299 e. The molecule has 0 spiro atoms. The number of benzene rings is 1. The molecule has 1 aromatic rings. The molecule has 2 aliphatic heterocycles. The van der Waals surface area contributed by atoms with Crippen LogP contribution in [0, 0.1) is 6.92 Å². The third kappa shape index (κ3) is 2.12. The molecule has 0 aliphatic carbocycles. The highest BCUT2D eigenvalue weighted by molar-refractivity contribution is 6.30. The maximum Gasteiger partial charge on any atom is 0.299 e. The van der Waals surface area contributed by atoms with E-state index in [1.54, 1.807) is 25.1 Å². The van der Waals surface area contributed by atoms with Crippen molar-refractivity contribution in [1.82, 2.24) is 19.7 Å². The normalized spacial score (nSPS) is 12.2. The van der Waals surface area contributed by atoms with Gasteiger partial charge < -0.3 is 0 Å². The first-order valence-electron chi connectivity index (χ1n) is 5.96. The summed E-state index contributed by atoms with van der Waals surface area (Å²) >= 11 is 5.84. The topological polar surface area (TPSA) is 63.6 Å². The molecule has 0 amide bonds. The van der Waals surface area contributed by atoms with Gasteiger partial charge in [-0.25, -0.2) is 9.67 Å². The van der Waals surface area contributed by atoms with Gasteiger partial charge in [-0.3, -0.25) is 9.89 Å². The van der Waals surface area contributed by atoms with Gasteiger partial charge in [0.25, 0.3) is 11.5 Å². The fourth-order valence-electron chi connectivity index (χ4n) is 1.86. The lowest BCUT2D eigenvalue weighted by atomic mass is 10.2. The van der Waals surface area contributed by atoms with Crippen molar-refractivity contribution in [2.24, 2.45) is 0 Å². The standard InChI is InChI=1S/C14H11ClN4O/c1-8-9(2)18-19-12(13(20)17-14(19)16-8)7-10-3-5-11(15)6-4-10/h3-7,18H,2H2,1H3/b12-7+. The van der Waals surface area contributed by atoms with Gasteiger partial charge in [-0.2, -0.15) is 4.98 Å². The van der Waals surface area contributed by atoms with E-state index in [-0.39, 0.29) is 5.56 Å². The van der Waals surface area contributed by atoms with E-state index in [1.807, 2.05) is 12.1 Å². The van der Waals surface area contributed by atoms with Gasteiger partial charge in [-0.15, -0.1) is 0 Å². The summed E-state index contributed by atoms with van der Waals surface area (Å²) in [4.78, 5) is 20.1. The maximum atomic E-state index is 12.0. The van der Waals surface area contributed by atoms with Crippen LogP contribution in [0.1, 0.15) is 11.3 Å². The Bertz CT molecular complexity index is 908. The molecule has 5 nitrogen and oxygen atoms in total. The Hall–Kier alpha value is -2.40. The molecule has 1 aromatic carbocycles. The van der Waals surface area contributed by atoms with Gasteiger partial charge in [-0.05, 0) is 30.7 Å². The summed E-state index contributed by atoms with van der Waals surface area (Å²) in [5.41, 5.74) is 1.22. The molecule has 0 atom stereocenters. The van der Waals surface area contributed by atoms with Crippen LogP contribution in [0.4, 0.5) is 0 Å². The second-order valence-electron chi connectivity index (χ2n) is 4.42. The van der Waals surface area contributed by atoms with Crippen LogP contribution in [0.15, 0.2) is 29.1 Å². The predicted octanol–water partition coefficient (Wildman–Crippen LogP) is 0.594. The molecule has 100 valence electrons. The monoisotopic (exact) mass is 286 g/mol.